The summed E-state index contributed by atoms with van der Waals surface area (Å²) in [5, 5.41) is 3.30. The molecule has 1 amide bonds. The van der Waals surface area contributed by atoms with E-state index in [0.717, 1.165) is 15.7 Å². The van der Waals surface area contributed by atoms with Gasteiger partial charge >= 0.3 is 0 Å². The number of benzene rings is 1. The van der Waals surface area contributed by atoms with Crippen molar-refractivity contribution in [2.75, 3.05) is 5.32 Å². The van der Waals surface area contributed by atoms with Gasteiger partial charge in [0.05, 0.1) is 10.7 Å². The number of amides is 1. The largest absolute Gasteiger partial charge is 0.320 e. The van der Waals surface area contributed by atoms with E-state index < -0.39 is 0 Å². The summed E-state index contributed by atoms with van der Waals surface area (Å²) >= 11 is 9.11. The van der Waals surface area contributed by atoms with Crippen molar-refractivity contribution in [2.45, 2.75) is 6.92 Å². The Morgan fingerprint density at radius 2 is 2.11 bits per heavy atom. The molecule has 2 aromatic rings. The number of pyridine rings is 1. The van der Waals surface area contributed by atoms with E-state index in [1.807, 2.05) is 25.1 Å². The Bertz CT molecular complexity index is 584. The zero-order valence-electron chi connectivity index (χ0n) is 9.58. The Morgan fingerprint density at radius 1 is 1.33 bits per heavy atom. The highest BCUT2D eigenvalue weighted by atomic mass is 79.9. The maximum Gasteiger partial charge on any atom is 0.274 e. The van der Waals surface area contributed by atoms with Crippen LogP contribution < -0.4 is 5.32 Å². The van der Waals surface area contributed by atoms with Gasteiger partial charge in [-0.2, -0.15) is 0 Å². The van der Waals surface area contributed by atoms with Gasteiger partial charge in [0, 0.05) is 10.7 Å². The van der Waals surface area contributed by atoms with E-state index in [1.165, 1.54) is 6.20 Å². The SMILES string of the molecule is Cc1ccc(Br)c(NC(=O)c2ccc(Cl)cn2)c1. The quantitative estimate of drug-likeness (QED) is 0.905. The Morgan fingerprint density at radius 3 is 2.78 bits per heavy atom. The van der Waals surface area contributed by atoms with Crippen LogP contribution in [0.2, 0.25) is 5.02 Å². The molecule has 0 fully saturated rings. The monoisotopic (exact) mass is 324 g/mol. The first-order chi connectivity index (χ1) is 8.56. The first kappa shape index (κ1) is 13.1. The lowest BCUT2D eigenvalue weighted by Crippen LogP contribution is -2.13. The third kappa shape index (κ3) is 3.09. The summed E-state index contributed by atoms with van der Waals surface area (Å²) in [6.07, 6.45) is 1.45. The van der Waals surface area contributed by atoms with Gasteiger partial charge in [-0.05, 0) is 52.7 Å². The van der Waals surface area contributed by atoms with E-state index in [9.17, 15) is 4.79 Å². The number of nitrogens with one attached hydrogen (secondary N) is 1. The van der Waals surface area contributed by atoms with Crippen molar-refractivity contribution in [3.05, 3.63) is 57.3 Å². The topological polar surface area (TPSA) is 42.0 Å². The summed E-state index contributed by atoms with van der Waals surface area (Å²) in [4.78, 5) is 15.9. The summed E-state index contributed by atoms with van der Waals surface area (Å²) in [5.74, 6) is -0.266. The molecule has 0 saturated carbocycles. The Balaban J connectivity index is 2.21. The van der Waals surface area contributed by atoms with Gasteiger partial charge in [-0.1, -0.05) is 17.7 Å². The molecule has 0 unspecified atom stereocenters. The number of carbonyl (C=O) groups is 1. The lowest BCUT2D eigenvalue weighted by atomic mass is 10.2. The zero-order chi connectivity index (χ0) is 13.1. The molecule has 1 aromatic carbocycles. The third-order valence-electron chi connectivity index (χ3n) is 2.33. The molecule has 0 aliphatic heterocycles. The number of aryl methyl sites for hydroxylation is 1. The first-order valence-corrected chi connectivity index (χ1v) is 6.42. The molecule has 0 atom stereocenters. The molecule has 0 aliphatic carbocycles. The fourth-order valence-corrected chi connectivity index (χ4v) is 1.89. The Hall–Kier alpha value is -1.39. The molecular formula is C13H10BrClN2O. The molecule has 92 valence electrons. The second-order valence-corrected chi connectivity index (χ2v) is 5.09. The van der Waals surface area contributed by atoms with Gasteiger partial charge in [-0.25, -0.2) is 4.98 Å². The normalized spacial score (nSPS) is 10.2. The maximum absolute atomic E-state index is 12.0. The number of hydrogen-bond acceptors (Lipinski definition) is 2. The van der Waals surface area contributed by atoms with E-state index in [4.69, 9.17) is 11.6 Å². The van der Waals surface area contributed by atoms with Crippen molar-refractivity contribution in [3.8, 4) is 0 Å². The van der Waals surface area contributed by atoms with E-state index in [2.05, 4.69) is 26.2 Å². The van der Waals surface area contributed by atoms with Gasteiger partial charge in [0.15, 0.2) is 0 Å². The van der Waals surface area contributed by atoms with Crippen LogP contribution in [0.4, 0.5) is 5.69 Å². The highest BCUT2D eigenvalue weighted by Gasteiger charge is 2.09. The Labute approximate surface area is 118 Å². The minimum atomic E-state index is -0.266. The van der Waals surface area contributed by atoms with Crippen LogP contribution in [0.5, 0.6) is 0 Å². The van der Waals surface area contributed by atoms with Crippen LogP contribution >= 0.6 is 27.5 Å². The maximum atomic E-state index is 12.0. The molecule has 0 bridgehead atoms. The first-order valence-electron chi connectivity index (χ1n) is 5.25. The van der Waals surface area contributed by atoms with Crippen LogP contribution in [0, 0.1) is 6.92 Å². The molecule has 3 nitrogen and oxygen atoms in total. The predicted molar refractivity (Wildman–Crippen MR) is 76.1 cm³/mol. The molecule has 0 spiro atoms. The minimum absolute atomic E-state index is 0.266. The van der Waals surface area contributed by atoms with Gasteiger partial charge in [0.1, 0.15) is 5.69 Å². The molecule has 2 rings (SSSR count). The van der Waals surface area contributed by atoms with Gasteiger partial charge in [0.2, 0.25) is 0 Å². The molecule has 5 heteroatoms. The number of halogens is 2. The van der Waals surface area contributed by atoms with Crippen LogP contribution in [0.25, 0.3) is 0 Å². The average Bonchev–Trinajstić information content (AvgIpc) is 2.34. The third-order valence-corrected chi connectivity index (χ3v) is 3.25. The van der Waals surface area contributed by atoms with Crippen molar-refractivity contribution in [1.82, 2.24) is 4.98 Å². The summed E-state index contributed by atoms with van der Waals surface area (Å²) in [7, 11) is 0. The number of nitrogens with zero attached hydrogens (tertiary/aromatic N) is 1. The second kappa shape index (κ2) is 5.50. The van der Waals surface area contributed by atoms with Crippen LogP contribution in [0.15, 0.2) is 41.0 Å². The number of hydrogen-bond donors (Lipinski definition) is 1. The van der Waals surface area contributed by atoms with Crippen molar-refractivity contribution < 1.29 is 4.79 Å². The lowest BCUT2D eigenvalue weighted by Gasteiger charge is -2.07. The van der Waals surface area contributed by atoms with Gasteiger partial charge in [-0.3, -0.25) is 4.79 Å². The summed E-state index contributed by atoms with van der Waals surface area (Å²) in [6.45, 7) is 1.96. The van der Waals surface area contributed by atoms with E-state index in [0.29, 0.717) is 10.7 Å². The fourth-order valence-electron chi connectivity index (χ4n) is 1.43. The fraction of sp³-hybridized carbons (Fsp3) is 0.0769. The molecule has 1 aromatic heterocycles. The van der Waals surface area contributed by atoms with Crippen molar-refractivity contribution >= 4 is 39.1 Å². The van der Waals surface area contributed by atoms with Crippen molar-refractivity contribution in [1.29, 1.82) is 0 Å². The zero-order valence-corrected chi connectivity index (χ0v) is 11.9. The van der Waals surface area contributed by atoms with Crippen molar-refractivity contribution in [2.24, 2.45) is 0 Å². The lowest BCUT2D eigenvalue weighted by molar-refractivity contribution is 0.102. The molecule has 1 N–H and O–H groups in total. The number of aromatic nitrogens is 1. The Kier molecular flexibility index (Phi) is 3.99. The van der Waals surface area contributed by atoms with Crippen LogP contribution in [0.1, 0.15) is 16.1 Å². The van der Waals surface area contributed by atoms with Crippen LogP contribution in [-0.4, -0.2) is 10.9 Å². The predicted octanol–water partition coefficient (Wildman–Crippen LogP) is 4.06. The molecule has 0 aliphatic rings. The highest BCUT2D eigenvalue weighted by molar-refractivity contribution is 9.10. The van der Waals surface area contributed by atoms with Gasteiger partial charge in [-0.15, -0.1) is 0 Å². The number of rotatable bonds is 2. The van der Waals surface area contributed by atoms with Gasteiger partial charge in [0.25, 0.3) is 5.91 Å². The minimum Gasteiger partial charge on any atom is -0.320 e. The van der Waals surface area contributed by atoms with E-state index in [1.54, 1.807) is 12.1 Å². The second-order valence-electron chi connectivity index (χ2n) is 3.80. The molecule has 18 heavy (non-hydrogen) atoms. The molecule has 0 radical (unpaired) electrons. The summed E-state index contributed by atoms with van der Waals surface area (Å²) in [5.41, 5.74) is 2.11. The standard InChI is InChI=1S/C13H10BrClN2O/c1-8-2-4-10(14)12(6-8)17-13(18)11-5-3-9(15)7-16-11/h2-7H,1H3,(H,17,18). The summed E-state index contributed by atoms with van der Waals surface area (Å²) in [6, 6.07) is 8.95. The smallest absolute Gasteiger partial charge is 0.274 e. The molecule has 0 saturated heterocycles. The van der Waals surface area contributed by atoms with Crippen LogP contribution in [0.3, 0.4) is 0 Å². The molecule has 1 heterocycles. The highest BCUT2D eigenvalue weighted by Crippen LogP contribution is 2.23. The van der Waals surface area contributed by atoms with E-state index >= 15 is 0 Å². The van der Waals surface area contributed by atoms with Crippen LogP contribution in [-0.2, 0) is 0 Å². The van der Waals surface area contributed by atoms with Gasteiger partial charge < -0.3 is 5.32 Å². The number of anilines is 1. The van der Waals surface area contributed by atoms with Crippen molar-refractivity contribution in [3.63, 3.8) is 0 Å². The molecular weight excluding hydrogens is 316 g/mol. The van der Waals surface area contributed by atoms with E-state index in [-0.39, 0.29) is 5.91 Å². The number of carbonyl (C=O) groups excluding carboxylic acids is 1. The average molecular weight is 326 g/mol. The summed E-state index contributed by atoms with van der Waals surface area (Å²) < 4.78 is 0.829.